The number of hydrogen-bond acceptors (Lipinski definition) is 9. The second-order valence-corrected chi connectivity index (χ2v) is 11.2. The number of benzene rings is 3. The number of hydrogen-bond donors (Lipinski definition) is 2. The largest absolute Gasteiger partial charge is 0.456 e. The Morgan fingerprint density at radius 2 is 1.31 bits per heavy atom. The van der Waals surface area contributed by atoms with Gasteiger partial charge in [-0.15, -0.1) is 0 Å². The Morgan fingerprint density at radius 1 is 0.806 bits per heavy atom. The van der Waals surface area contributed by atoms with E-state index in [1.54, 1.807) is 12.1 Å². The first-order valence-corrected chi connectivity index (χ1v) is 13.7. The van der Waals surface area contributed by atoms with Gasteiger partial charge in [0.15, 0.2) is 17.1 Å². The lowest BCUT2D eigenvalue weighted by Crippen LogP contribution is -2.33. The maximum Gasteiger partial charge on any atom is 0.446 e. The quantitative estimate of drug-likeness (QED) is 0.301. The zero-order valence-corrected chi connectivity index (χ0v) is 21.8. The lowest BCUT2D eigenvalue weighted by atomic mass is 9.77. The monoisotopic (exact) mass is 638 g/mol. The molecule has 0 saturated carbocycles. The van der Waals surface area contributed by atoms with Crippen molar-refractivity contribution in [2.45, 2.75) is 5.60 Å². The van der Waals surface area contributed by atoms with Crippen molar-refractivity contribution in [3.8, 4) is 23.0 Å². The standard InChI is InChI=1S/C20H9BrCl2O11S2/c21-8-1-2-10-9(3-8)19(24)32-20(10)11-4-13(22)17(33-35(25,26)27)6-15(11)31-16-7-18(34-36(28,29)30)14(23)5-12(16)20/h1-7H,(H,25,26,27)(H,28,29,30). The summed E-state index contributed by atoms with van der Waals surface area (Å²) in [6, 6.07) is 9.26. The molecule has 2 N–H and O–H groups in total. The summed E-state index contributed by atoms with van der Waals surface area (Å²) in [6.45, 7) is 0. The van der Waals surface area contributed by atoms with Crippen molar-refractivity contribution in [1.82, 2.24) is 0 Å². The molecule has 2 heterocycles. The summed E-state index contributed by atoms with van der Waals surface area (Å²) in [4.78, 5) is 13.0. The van der Waals surface area contributed by atoms with Crippen molar-refractivity contribution in [2.75, 3.05) is 0 Å². The van der Waals surface area contributed by atoms with Gasteiger partial charge in [0.25, 0.3) is 0 Å². The molecule has 0 saturated heterocycles. The van der Waals surface area contributed by atoms with E-state index in [1.807, 2.05) is 0 Å². The van der Waals surface area contributed by atoms with Crippen LogP contribution in [0.25, 0.3) is 0 Å². The summed E-state index contributed by atoms with van der Waals surface area (Å²) in [5.74, 6) is -2.02. The number of ether oxygens (including phenoxy) is 2. The van der Waals surface area contributed by atoms with E-state index < -0.39 is 43.9 Å². The van der Waals surface area contributed by atoms with Crippen molar-refractivity contribution >= 4 is 65.9 Å². The smallest absolute Gasteiger partial charge is 0.446 e. The molecule has 2 aliphatic rings. The second-order valence-electron chi connectivity index (χ2n) is 7.44. The van der Waals surface area contributed by atoms with Gasteiger partial charge in [-0.3, -0.25) is 9.11 Å². The van der Waals surface area contributed by atoms with Crippen LogP contribution in [0.5, 0.6) is 23.0 Å². The van der Waals surface area contributed by atoms with Gasteiger partial charge in [0, 0.05) is 33.3 Å². The second kappa shape index (κ2) is 8.21. The van der Waals surface area contributed by atoms with E-state index in [2.05, 4.69) is 24.3 Å². The maximum atomic E-state index is 13.0. The summed E-state index contributed by atoms with van der Waals surface area (Å²) in [5, 5.41) is -0.561. The molecular weight excluding hydrogens is 631 g/mol. The number of rotatable bonds is 4. The number of fused-ring (bicyclic) bond motifs is 6. The first-order chi connectivity index (χ1) is 16.7. The topological polar surface area (TPSA) is 163 Å². The van der Waals surface area contributed by atoms with Crippen LogP contribution in [0.15, 0.2) is 46.9 Å². The van der Waals surface area contributed by atoms with Gasteiger partial charge in [0.05, 0.1) is 15.6 Å². The molecule has 0 aromatic heterocycles. The molecule has 36 heavy (non-hydrogen) atoms. The van der Waals surface area contributed by atoms with Crippen molar-refractivity contribution in [2.24, 2.45) is 0 Å². The van der Waals surface area contributed by atoms with E-state index in [-0.39, 0.29) is 38.2 Å². The van der Waals surface area contributed by atoms with Crippen molar-refractivity contribution in [3.63, 3.8) is 0 Å². The van der Waals surface area contributed by atoms with Gasteiger partial charge in [0.1, 0.15) is 11.5 Å². The summed E-state index contributed by atoms with van der Waals surface area (Å²) >= 11 is 15.8. The Kier molecular flexibility index (Phi) is 5.72. The molecule has 1 spiro atoms. The number of carbonyl (C=O) groups excluding carboxylic acids is 1. The molecule has 5 rings (SSSR count). The molecule has 188 valence electrons. The zero-order valence-electron chi connectivity index (χ0n) is 17.1. The predicted molar refractivity (Wildman–Crippen MR) is 127 cm³/mol. The highest BCUT2D eigenvalue weighted by Gasteiger charge is 2.54. The molecule has 16 heteroatoms. The summed E-state index contributed by atoms with van der Waals surface area (Å²) in [6.07, 6.45) is 0. The van der Waals surface area contributed by atoms with Gasteiger partial charge in [-0.2, -0.15) is 16.8 Å². The van der Waals surface area contributed by atoms with Crippen LogP contribution in [0.2, 0.25) is 10.0 Å². The minimum atomic E-state index is -4.97. The first kappa shape index (κ1) is 25.1. The van der Waals surface area contributed by atoms with Gasteiger partial charge in [-0.05, 0) is 24.3 Å². The van der Waals surface area contributed by atoms with Crippen LogP contribution in [0.4, 0.5) is 0 Å². The summed E-state index contributed by atoms with van der Waals surface area (Å²) < 4.78 is 84.6. The molecule has 0 fully saturated rings. The van der Waals surface area contributed by atoms with Crippen LogP contribution in [0.3, 0.4) is 0 Å². The number of esters is 1. The molecule has 0 aliphatic carbocycles. The lowest BCUT2D eigenvalue weighted by molar-refractivity contribution is 0.0224. The average molecular weight is 640 g/mol. The third-order valence-electron chi connectivity index (χ3n) is 5.26. The summed E-state index contributed by atoms with van der Waals surface area (Å²) in [7, 11) is -9.94. The maximum absolute atomic E-state index is 13.0. The third kappa shape index (κ3) is 4.18. The van der Waals surface area contributed by atoms with Gasteiger partial charge < -0.3 is 17.8 Å². The normalized spacial score (nSPS) is 15.4. The van der Waals surface area contributed by atoms with E-state index in [1.165, 1.54) is 18.2 Å². The average Bonchev–Trinajstić information content (AvgIpc) is 3.01. The Morgan fingerprint density at radius 3 is 1.78 bits per heavy atom. The minimum Gasteiger partial charge on any atom is -0.456 e. The van der Waals surface area contributed by atoms with Crippen molar-refractivity contribution < 1.29 is 48.6 Å². The molecule has 0 unspecified atom stereocenters. The van der Waals surface area contributed by atoms with Crippen LogP contribution >= 0.6 is 39.1 Å². The highest BCUT2D eigenvalue weighted by Crippen LogP contribution is 2.59. The third-order valence-corrected chi connectivity index (χ3v) is 7.13. The van der Waals surface area contributed by atoms with Crippen molar-refractivity contribution in [3.05, 3.63) is 79.2 Å². The van der Waals surface area contributed by atoms with E-state index in [0.717, 1.165) is 12.1 Å². The molecule has 11 nitrogen and oxygen atoms in total. The fraction of sp³-hybridized carbons (Fsp3) is 0.0500. The van der Waals surface area contributed by atoms with E-state index in [4.69, 9.17) is 41.8 Å². The molecule has 3 aromatic rings. The van der Waals surface area contributed by atoms with Crippen LogP contribution in [0, 0.1) is 0 Å². The molecule has 0 atom stereocenters. The SMILES string of the molecule is O=C1OC2(c3cc(Cl)c(OS(=O)(=O)O)cc3Oc3cc(OS(=O)(=O)O)c(Cl)cc32)c2ccc(Br)cc21. The Bertz CT molecular complexity index is 1620. The number of halogens is 3. The van der Waals surface area contributed by atoms with Gasteiger partial charge >= 0.3 is 26.8 Å². The van der Waals surface area contributed by atoms with Crippen LogP contribution < -0.4 is 13.1 Å². The highest BCUT2D eigenvalue weighted by atomic mass is 79.9. The fourth-order valence-electron chi connectivity index (χ4n) is 4.05. The lowest BCUT2D eigenvalue weighted by Gasteiger charge is -2.37. The van der Waals surface area contributed by atoms with Crippen LogP contribution in [0.1, 0.15) is 27.0 Å². The Hall–Kier alpha value is -2.59. The van der Waals surface area contributed by atoms with E-state index >= 15 is 0 Å². The highest BCUT2D eigenvalue weighted by molar-refractivity contribution is 9.10. The first-order valence-electron chi connectivity index (χ1n) is 9.41. The van der Waals surface area contributed by atoms with Gasteiger partial charge in [0.2, 0.25) is 0 Å². The minimum absolute atomic E-state index is 0.130. The predicted octanol–water partition coefficient (Wildman–Crippen LogP) is 4.69. The molecule has 0 bridgehead atoms. The molecule has 0 radical (unpaired) electrons. The molecular formula is C20H9BrCl2O11S2. The van der Waals surface area contributed by atoms with E-state index in [9.17, 15) is 21.6 Å². The Balaban J connectivity index is 1.83. The molecule has 0 amide bonds. The molecule has 2 aliphatic heterocycles. The fourth-order valence-corrected chi connectivity index (χ4v) is 5.63. The van der Waals surface area contributed by atoms with E-state index in [0.29, 0.717) is 10.0 Å². The Labute approximate surface area is 221 Å². The van der Waals surface area contributed by atoms with Gasteiger partial charge in [-0.25, -0.2) is 4.79 Å². The van der Waals surface area contributed by atoms with Crippen LogP contribution in [-0.4, -0.2) is 31.9 Å². The molecule has 3 aromatic carbocycles. The van der Waals surface area contributed by atoms with Gasteiger partial charge in [-0.1, -0.05) is 45.2 Å². The summed E-state index contributed by atoms with van der Waals surface area (Å²) in [5.41, 5.74) is -0.961. The van der Waals surface area contributed by atoms with Crippen molar-refractivity contribution in [1.29, 1.82) is 0 Å². The van der Waals surface area contributed by atoms with Crippen LogP contribution in [-0.2, 0) is 31.1 Å². The zero-order chi connectivity index (χ0) is 26.2. The number of carbonyl (C=O) groups is 1.